The van der Waals surface area contributed by atoms with Crippen LogP contribution in [0.15, 0.2) is 154 Å². The highest BCUT2D eigenvalue weighted by molar-refractivity contribution is 9.08. The van der Waals surface area contributed by atoms with Crippen LogP contribution < -0.4 is 60.5 Å². The summed E-state index contributed by atoms with van der Waals surface area (Å²) in [6.45, 7) is 18.6. The summed E-state index contributed by atoms with van der Waals surface area (Å²) in [4.78, 5) is 9.78. The Kier molecular flexibility index (Phi) is 19.2. The molecule has 0 amide bonds. The van der Waals surface area contributed by atoms with Crippen LogP contribution in [0.2, 0.25) is 0 Å². The molecule has 0 bridgehead atoms. The van der Waals surface area contributed by atoms with E-state index < -0.39 is 17.4 Å². The van der Waals surface area contributed by atoms with Crippen molar-refractivity contribution in [1.29, 1.82) is 0 Å². The summed E-state index contributed by atoms with van der Waals surface area (Å²) in [5, 5.41) is 30.0. The molecule has 1 fully saturated rings. The Hall–Kier alpha value is -6.74. The molecule has 1 saturated heterocycles. The number of hydrogen-bond donors (Lipinski definition) is 4. The van der Waals surface area contributed by atoms with Crippen LogP contribution in [0.5, 0.6) is 0 Å². The summed E-state index contributed by atoms with van der Waals surface area (Å²) >= 11 is 3.49. The highest BCUT2D eigenvalue weighted by Gasteiger charge is 2.34. The van der Waals surface area contributed by atoms with Crippen LogP contribution in [0.1, 0.15) is 52.7 Å². The molecule has 0 spiro atoms. The van der Waals surface area contributed by atoms with Gasteiger partial charge in [0.1, 0.15) is 48.6 Å². The predicted molar refractivity (Wildman–Crippen MR) is 307 cm³/mol. The number of halogens is 2. The van der Waals surface area contributed by atoms with Crippen LogP contribution >= 0.6 is 15.9 Å². The zero-order valence-electron chi connectivity index (χ0n) is 45.0. The Labute approximate surface area is 469 Å². The topological polar surface area (TPSA) is 247 Å². The quantitative estimate of drug-likeness (QED) is 0.0374. The number of rotatable bonds is 10. The van der Waals surface area contributed by atoms with Crippen molar-refractivity contribution < 1.29 is 57.1 Å². The van der Waals surface area contributed by atoms with Crippen molar-refractivity contribution in [2.24, 2.45) is 5.41 Å². The van der Waals surface area contributed by atoms with Gasteiger partial charge in [-0.05, 0) is 61.9 Å². The lowest BCUT2D eigenvalue weighted by atomic mass is 9.74. The second kappa shape index (κ2) is 26.0. The van der Waals surface area contributed by atoms with E-state index in [2.05, 4.69) is 114 Å². The third-order valence-corrected chi connectivity index (χ3v) is 14.2. The van der Waals surface area contributed by atoms with Crippen molar-refractivity contribution >= 4 is 96.2 Å². The zero-order chi connectivity index (χ0) is 56.4. The molecule has 11 rings (SSSR count). The molecule has 0 radical (unpaired) electrons. The molecular formula is C59H63B2BrClN6O10+. The number of nitrogens with one attached hydrogen (secondary N) is 1. The molecule has 0 saturated carbocycles. The molecule has 79 heavy (non-hydrogen) atoms. The molecule has 6 aromatic rings. The van der Waals surface area contributed by atoms with Gasteiger partial charge in [0, 0.05) is 87.7 Å². The van der Waals surface area contributed by atoms with Gasteiger partial charge >= 0.3 is 14.2 Å². The first kappa shape index (κ1) is 58.4. The van der Waals surface area contributed by atoms with E-state index in [1.807, 2.05) is 91.0 Å². The van der Waals surface area contributed by atoms with Gasteiger partial charge in [0.2, 0.25) is 10.7 Å². The van der Waals surface area contributed by atoms with E-state index in [1.54, 1.807) is 12.1 Å². The summed E-state index contributed by atoms with van der Waals surface area (Å²) in [5.74, 6) is 1.52. The van der Waals surface area contributed by atoms with Gasteiger partial charge in [0.15, 0.2) is 22.7 Å². The second-order valence-corrected chi connectivity index (χ2v) is 20.8. The fourth-order valence-corrected chi connectivity index (χ4v) is 10.0. The molecule has 3 aliphatic heterocycles. The predicted octanol–water partition coefficient (Wildman–Crippen LogP) is 4.26. The minimum absolute atomic E-state index is 0.125. The van der Waals surface area contributed by atoms with Crippen molar-refractivity contribution in [1.82, 2.24) is 19.1 Å². The zero-order valence-corrected chi connectivity index (χ0v) is 47.3. The number of nitrogen functional groups attached to an aromatic ring is 1. The number of nitrogens with two attached hydrogens (primary N) is 1. The van der Waals surface area contributed by atoms with Crippen LogP contribution in [-0.4, -0.2) is 73.6 Å². The molecular weight excluding hydrogens is 1090 g/mol. The fraction of sp³-hybridized carbons (Fsp3) is 0.254. The summed E-state index contributed by atoms with van der Waals surface area (Å²) in [6.07, 6.45) is 0. The maximum Gasteiger partial charge on any atom is 0.494 e. The summed E-state index contributed by atoms with van der Waals surface area (Å²) in [6, 6.07) is 47.8. The van der Waals surface area contributed by atoms with Gasteiger partial charge in [-0.3, -0.25) is 0 Å². The lowest BCUT2D eigenvalue weighted by Gasteiger charge is -2.33. The summed E-state index contributed by atoms with van der Waals surface area (Å²) < 4.78 is 62.6. The molecule has 5 N–H and O–H groups in total. The SMILES string of the molecule is CC1(C)COB(c2ccccc2CBr)OC1.CC[N+](CC)=c1ccc2nc3c(cc(N)c4ccccc43)oc-2c1.CC[N+](CC)=c1ccc2nc3c(cc(NCc4ccccc4B(O)O)c4ccccc43)oc-2c1.[O-][Cl+3]([O-])([O-])[O-]. The molecule has 3 heterocycles. The smallest absolute Gasteiger partial charge is 0.452 e. The molecule has 20 heteroatoms. The highest BCUT2D eigenvalue weighted by atomic mass is 79.9. The Bertz CT molecular complexity index is 3790. The third-order valence-electron chi connectivity index (χ3n) is 13.5. The van der Waals surface area contributed by atoms with Crippen LogP contribution in [0, 0.1) is 15.7 Å². The Morgan fingerprint density at radius 3 is 1.61 bits per heavy atom. The molecule has 5 aliphatic rings. The van der Waals surface area contributed by atoms with Crippen LogP contribution in [-0.2, 0) is 21.2 Å². The molecule has 408 valence electrons. The van der Waals surface area contributed by atoms with E-state index >= 15 is 0 Å². The van der Waals surface area contributed by atoms with E-state index in [1.165, 1.54) is 5.56 Å². The summed E-state index contributed by atoms with van der Waals surface area (Å²) in [5.41, 5.74) is 16.3. The minimum Gasteiger partial charge on any atom is -0.452 e. The number of alkyl halides is 1. The molecule has 6 aromatic carbocycles. The Balaban J connectivity index is 0.000000159. The maximum atomic E-state index is 9.71. The molecule has 0 atom stereocenters. The first-order valence-electron chi connectivity index (χ1n) is 26.0. The number of nitrogens with zero attached hydrogens (tertiary/aromatic N) is 4. The van der Waals surface area contributed by atoms with Crippen LogP contribution in [0.25, 0.3) is 66.7 Å². The van der Waals surface area contributed by atoms with Crippen LogP contribution in [0.3, 0.4) is 0 Å². The van der Waals surface area contributed by atoms with Crippen molar-refractivity contribution in [3.63, 3.8) is 0 Å². The maximum absolute atomic E-state index is 9.71. The standard InChI is InChI=1S/C27H26BN3O3.C20H19N3O.C12H16BBrO2.ClHO4/c1-3-31(4-2)19-13-14-23-25(15-19)34-26-16-24(20-10-6-7-11-21(20)27(26)30-23)29-17-18-9-5-8-12-22(18)28(32)33;1-3-23(4-2)13-9-10-17-18(11-13)24-19-12-16(21)14-7-5-6-8-15(14)20(19)22-17;1-12(2)8-15-13(16-9-12)11-6-4-3-5-10(11)7-14;2-1(3,4)5/h5-16,32-33H,3-4,17H2,1-2H3;5-12,21H,3-4H2,1-2H3;3-6H,7-9H2,1-2H3;(H,2,3,4,5)/p+1. The molecule has 2 aliphatic carbocycles. The van der Waals surface area contributed by atoms with Crippen molar-refractivity contribution in [3.05, 3.63) is 167 Å². The van der Waals surface area contributed by atoms with Crippen molar-refractivity contribution in [2.75, 3.05) is 50.4 Å². The normalized spacial score (nSPS) is 13.1. The van der Waals surface area contributed by atoms with Gasteiger partial charge in [-0.1, -0.05) is 127 Å². The van der Waals surface area contributed by atoms with E-state index in [0.717, 1.165) is 133 Å². The molecule has 0 aromatic heterocycles. The van der Waals surface area contributed by atoms with E-state index in [0.29, 0.717) is 23.3 Å². The van der Waals surface area contributed by atoms with E-state index in [9.17, 15) is 10.0 Å². The number of anilines is 2. The molecule has 0 unspecified atom stereocenters. The Morgan fingerprint density at radius 1 is 0.633 bits per heavy atom. The van der Waals surface area contributed by atoms with Gasteiger partial charge in [0.05, 0.1) is 12.1 Å². The lowest BCUT2D eigenvalue weighted by Crippen LogP contribution is -2.68. The van der Waals surface area contributed by atoms with E-state index in [-0.39, 0.29) is 12.5 Å². The third kappa shape index (κ3) is 14.4. The van der Waals surface area contributed by atoms with Gasteiger partial charge in [-0.15, -0.1) is 10.2 Å². The number of hydrogen-bond acceptors (Lipinski definition) is 14. The van der Waals surface area contributed by atoms with Gasteiger partial charge < -0.3 is 39.2 Å². The van der Waals surface area contributed by atoms with Gasteiger partial charge in [-0.2, -0.15) is 0 Å². The average Bonchev–Trinajstić information content (AvgIpc) is 3.50. The monoisotopic (exact) mass is 1150 g/mol. The minimum atomic E-state index is -4.94. The summed E-state index contributed by atoms with van der Waals surface area (Å²) in [7, 11) is -6.67. The first-order chi connectivity index (χ1) is 37.9. The van der Waals surface area contributed by atoms with Crippen LogP contribution in [0.4, 0.5) is 11.4 Å². The van der Waals surface area contributed by atoms with E-state index in [4.69, 9.17) is 52.5 Å². The second-order valence-electron chi connectivity index (χ2n) is 19.5. The first-order valence-corrected chi connectivity index (χ1v) is 28.4. The number of benzene rings is 8. The highest BCUT2D eigenvalue weighted by Crippen LogP contribution is 2.35. The van der Waals surface area contributed by atoms with Gasteiger partial charge in [-0.25, -0.2) is 37.8 Å². The van der Waals surface area contributed by atoms with Gasteiger partial charge in [0.25, 0.3) is 0 Å². The molecule has 16 nitrogen and oxygen atoms in total. The van der Waals surface area contributed by atoms with Crippen molar-refractivity contribution in [2.45, 2.75) is 53.4 Å². The largest absolute Gasteiger partial charge is 0.494 e. The number of aromatic nitrogens is 2. The fourth-order valence-electron chi connectivity index (χ4n) is 9.53. The average molecular weight is 1150 g/mol. The number of fused-ring (bicyclic) bond motifs is 8. The lowest BCUT2D eigenvalue weighted by molar-refractivity contribution is -2.00. The Morgan fingerprint density at radius 2 is 1.09 bits per heavy atom. The van der Waals surface area contributed by atoms with Crippen molar-refractivity contribution in [3.8, 4) is 22.9 Å².